The lowest BCUT2D eigenvalue weighted by molar-refractivity contribution is 0.0469. The first kappa shape index (κ1) is 18.2. The molecule has 0 saturated carbocycles. The Morgan fingerprint density at radius 1 is 1.33 bits per heavy atom. The molecule has 0 fully saturated rings. The van der Waals surface area contributed by atoms with Gasteiger partial charge in [-0.15, -0.1) is 6.58 Å². The maximum absolute atomic E-state index is 12.3. The first-order valence-electron chi connectivity index (χ1n) is 7.15. The molecule has 2 heterocycles. The van der Waals surface area contributed by atoms with Crippen LogP contribution in [0.15, 0.2) is 30.9 Å². The Morgan fingerprint density at radius 3 is 2.71 bits per heavy atom. The number of nitrogens with zero attached hydrogens (tertiary/aromatic N) is 2. The average Bonchev–Trinajstić information content (AvgIpc) is 2.83. The van der Waals surface area contributed by atoms with Crippen molar-refractivity contribution in [3.63, 3.8) is 0 Å². The second-order valence-electron chi connectivity index (χ2n) is 5.15. The predicted molar refractivity (Wildman–Crippen MR) is 93.0 cm³/mol. The molecule has 0 aliphatic carbocycles. The molecule has 0 saturated heterocycles. The molecule has 126 valence electrons. The van der Waals surface area contributed by atoms with Crippen molar-refractivity contribution < 1.29 is 14.3 Å². The van der Waals surface area contributed by atoms with Crippen molar-refractivity contribution in [2.24, 2.45) is 0 Å². The third-order valence-corrected chi connectivity index (χ3v) is 4.04. The number of hydrogen-bond acceptors (Lipinski definition) is 4. The van der Waals surface area contributed by atoms with E-state index in [1.54, 1.807) is 12.1 Å². The van der Waals surface area contributed by atoms with Crippen LogP contribution in [-0.2, 0) is 11.3 Å². The second-order valence-corrected chi connectivity index (χ2v) is 5.94. The van der Waals surface area contributed by atoms with Gasteiger partial charge in [-0.1, -0.05) is 29.3 Å². The number of aryl methyl sites for hydroxylation is 1. The summed E-state index contributed by atoms with van der Waals surface area (Å²) in [6, 6.07) is 4.66. The van der Waals surface area contributed by atoms with Crippen molar-refractivity contribution in [2.45, 2.75) is 20.4 Å². The Morgan fingerprint density at radius 2 is 2.04 bits per heavy atom. The van der Waals surface area contributed by atoms with Crippen LogP contribution in [0.3, 0.4) is 0 Å². The molecule has 5 nitrogen and oxygen atoms in total. The van der Waals surface area contributed by atoms with Gasteiger partial charge in [0.15, 0.2) is 12.3 Å². The van der Waals surface area contributed by atoms with Gasteiger partial charge in [0.1, 0.15) is 5.15 Å². The highest BCUT2D eigenvalue weighted by molar-refractivity contribution is 6.34. The molecule has 0 aliphatic rings. The first-order chi connectivity index (χ1) is 11.3. The molecule has 0 amide bonds. The van der Waals surface area contributed by atoms with Gasteiger partial charge in [0.05, 0.1) is 5.02 Å². The largest absolute Gasteiger partial charge is 0.453 e. The van der Waals surface area contributed by atoms with Crippen LogP contribution in [0.2, 0.25) is 10.2 Å². The minimum absolute atomic E-state index is 0.112. The number of hydrogen-bond donors (Lipinski definition) is 0. The molecule has 2 aromatic heterocycles. The van der Waals surface area contributed by atoms with Gasteiger partial charge in [-0.25, -0.2) is 9.78 Å². The van der Waals surface area contributed by atoms with Gasteiger partial charge in [-0.2, -0.15) is 0 Å². The fraction of sp³-hybridized carbons (Fsp3) is 0.235. The van der Waals surface area contributed by atoms with Crippen LogP contribution in [0.25, 0.3) is 0 Å². The van der Waals surface area contributed by atoms with Crippen LogP contribution in [0, 0.1) is 13.8 Å². The number of rotatable bonds is 6. The summed E-state index contributed by atoms with van der Waals surface area (Å²) in [6.45, 7) is 7.63. The monoisotopic (exact) mass is 366 g/mol. The highest BCUT2D eigenvalue weighted by Crippen LogP contribution is 2.19. The van der Waals surface area contributed by atoms with Crippen molar-refractivity contribution >= 4 is 35.0 Å². The standard InChI is InChI=1S/C17H16Cl2N2O3/c1-4-7-21-10(2)8-12(11(21)3)14(22)9-24-17(23)16-13(18)5-6-15(19)20-16/h4-6,8H,1,7,9H2,2-3H3. The van der Waals surface area contributed by atoms with Gasteiger partial charge in [0.2, 0.25) is 5.78 Å². The fourth-order valence-electron chi connectivity index (χ4n) is 2.33. The van der Waals surface area contributed by atoms with Gasteiger partial charge in [-0.3, -0.25) is 4.79 Å². The second kappa shape index (κ2) is 7.64. The van der Waals surface area contributed by atoms with E-state index in [0.29, 0.717) is 12.1 Å². The Bertz CT molecular complexity index is 812. The van der Waals surface area contributed by atoms with Crippen LogP contribution in [0.1, 0.15) is 32.2 Å². The predicted octanol–water partition coefficient (Wildman–Crippen LogP) is 4.03. The zero-order chi connectivity index (χ0) is 17.9. The molecule has 0 N–H and O–H groups in total. The third-order valence-electron chi connectivity index (χ3n) is 3.53. The Kier molecular flexibility index (Phi) is 5.80. The molecule has 0 aromatic carbocycles. The summed E-state index contributed by atoms with van der Waals surface area (Å²) in [5, 5.41) is 0.228. The number of allylic oxidation sites excluding steroid dienone is 1. The van der Waals surface area contributed by atoms with E-state index in [0.717, 1.165) is 11.4 Å². The Balaban J connectivity index is 2.11. The van der Waals surface area contributed by atoms with Crippen molar-refractivity contribution in [1.82, 2.24) is 9.55 Å². The summed E-state index contributed by atoms with van der Waals surface area (Å²) >= 11 is 11.6. The summed E-state index contributed by atoms with van der Waals surface area (Å²) in [5.74, 6) is -1.10. The topological polar surface area (TPSA) is 61.2 Å². The average molecular weight is 367 g/mol. The van der Waals surface area contributed by atoms with Crippen molar-refractivity contribution in [3.8, 4) is 0 Å². The van der Waals surface area contributed by atoms with Gasteiger partial charge < -0.3 is 9.30 Å². The lowest BCUT2D eigenvalue weighted by atomic mass is 10.1. The van der Waals surface area contributed by atoms with Crippen LogP contribution >= 0.6 is 23.2 Å². The third kappa shape index (κ3) is 3.86. The van der Waals surface area contributed by atoms with Gasteiger partial charge in [0, 0.05) is 23.5 Å². The smallest absolute Gasteiger partial charge is 0.359 e. The molecule has 0 atom stereocenters. The van der Waals surface area contributed by atoms with E-state index in [-0.39, 0.29) is 21.7 Å². The number of carbonyl (C=O) groups is 2. The van der Waals surface area contributed by atoms with E-state index in [4.69, 9.17) is 27.9 Å². The number of pyridine rings is 1. The van der Waals surface area contributed by atoms with Gasteiger partial charge in [-0.05, 0) is 32.0 Å². The molecule has 0 aliphatic heterocycles. The normalized spacial score (nSPS) is 10.5. The fourth-order valence-corrected chi connectivity index (χ4v) is 2.66. The maximum atomic E-state index is 12.3. The molecule has 0 bridgehead atoms. The number of ketones is 1. The van der Waals surface area contributed by atoms with Crippen molar-refractivity contribution in [1.29, 1.82) is 0 Å². The molecule has 0 radical (unpaired) electrons. The van der Waals surface area contributed by atoms with E-state index >= 15 is 0 Å². The van der Waals surface area contributed by atoms with Gasteiger partial charge >= 0.3 is 5.97 Å². The number of esters is 1. The summed E-state index contributed by atoms with van der Waals surface area (Å²) in [4.78, 5) is 28.2. The molecule has 2 rings (SSSR count). The summed E-state index contributed by atoms with van der Waals surface area (Å²) in [7, 11) is 0. The first-order valence-corrected chi connectivity index (χ1v) is 7.90. The molecule has 2 aromatic rings. The van der Waals surface area contributed by atoms with Crippen LogP contribution in [-0.4, -0.2) is 27.9 Å². The Labute approximate surface area is 149 Å². The zero-order valence-corrected chi connectivity index (χ0v) is 14.8. The zero-order valence-electron chi connectivity index (χ0n) is 13.3. The molecule has 7 heteroatoms. The minimum atomic E-state index is -0.796. The highest BCUT2D eigenvalue weighted by Gasteiger charge is 2.19. The molecule has 0 unspecified atom stereocenters. The van der Waals surface area contributed by atoms with Crippen LogP contribution < -0.4 is 0 Å². The minimum Gasteiger partial charge on any atom is -0.453 e. The lowest BCUT2D eigenvalue weighted by Crippen LogP contribution is -2.16. The maximum Gasteiger partial charge on any atom is 0.359 e. The quantitative estimate of drug-likeness (QED) is 0.335. The number of carbonyl (C=O) groups excluding carboxylic acids is 2. The molecule has 24 heavy (non-hydrogen) atoms. The van der Waals surface area contributed by atoms with Crippen molar-refractivity contribution in [3.05, 3.63) is 63.7 Å². The lowest BCUT2D eigenvalue weighted by Gasteiger charge is -2.07. The van der Waals surface area contributed by atoms with Gasteiger partial charge in [0.25, 0.3) is 0 Å². The van der Waals surface area contributed by atoms with E-state index in [9.17, 15) is 9.59 Å². The van der Waals surface area contributed by atoms with Crippen molar-refractivity contribution in [2.75, 3.05) is 6.61 Å². The van der Waals surface area contributed by atoms with E-state index in [2.05, 4.69) is 11.6 Å². The molecular formula is C17H16Cl2N2O3. The SMILES string of the molecule is C=CCn1c(C)cc(C(=O)COC(=O)c2nc(Cl)ccc2Cl)c1C. The van der Waals surface area contributed by atoms with E-state index in [1.165, 1.54) is 12.1 Å². The van der Waals surface area contributed by atoms with Crippen LogP contribution in [0.4, 0.5) is 0 Å². The number of Topliss-reactive ketones (excluding diaryl/α,β-unsaturated/α-hetero) is 1. The van der Waals surface area contributed by atoms with Crippen LogP contribution in [0.5, 0.6) is 0 Å². The Hall–Kier alpha value is -2.11. The summed E-state index contributed by atoms with van der Waals surface area (Å²) in [6.07, 6.45) is 1.75. The number of aromatic nitrogens is 2. The highest BCUT2D eigenvalue weighted by atomic mass is 35.5. The number of halogens is 2. The van der Waals surface area contributed by atoms with E-state index in [1.807, 2.05) is 18.4 Å². The number of ether oxygens (including phenoxy) is 1. The molecule has 0 spiro atoms. The molecular weight excluding hydrogens is 351 g/mol. The van der Waals surface area contributed by atoms with E-state index < -0.39 is 12.6 Å². The summed E-state index contributed by atoms with van der Waals surface area (Å²) in [5.41, 5.74) is 2.12. The summed E-state index contributed by atoms with van der Waals surface area (Å²) < 4.78 is 6.98.